The maximum Gasteiger partial charge on any atom is 0.260 e. The summed E-state index contributed by atoms with van der Waals surface area (Å²) in [4.78, 5) is 29.8. The summed E-state index contributed by atoms with van der Waals surface area (Å²) >= 11 is 1.64. The van der Waals surface area contributed by atoms with Crippen LogP contribution in [-0.2, 0) is 17.6 Å². The number of benzene rings is 1. The van der Waals surface area contributed by atoms with Gasteiger partial charge in [0.1, 0.15) is 16.6 Å². The van der Waals surface area contributed by atoms with Gasteiger partial charge in [-0.1, -0.05) is 18.6 Å². The number of nitriles is 1. The number of nitrogens with one attached hydrogen (secondary N) is 1. The van der Waals surface area contributed by atoms with E-state index in [0.717, 1.165) is 54.8 Å². The Hall–Kier alpha value is -3.24. The quantitative estimate of drug-likeness (QED) is 0.592. The van der Waals surface area contributed by atoms with Gasteiger partial charge in [0, 0.05) is 22.6 Å². The summed E-state index contributed by atoms with van der Waals surface area (Å²) in [5.41, 5.74) is 4.34. The molecule has 1 aromatic carbocycles. The first kappa shape index (κ1) is 20.4. The Kier molecular flexibility index (Phi) is 4.73. The first-order valence-corrected chi connectivity index (χ1v) is 12.3. The van der Waals surface area contributed by atoms with Crippen LogP contribution in [0.15, 0.2) is 46.9 Å². The van der Waals surface area contributed by atoms with Crippen LogP contribution in [0.1, 0.15) is 70.8 Å². The van der Waals surface area contributed by atoms with Crippen molar-refractivity contribution in [3.63, 3.8) is 0 Å². The number of aryl methyl sites for hydroxylation is 1. The van der Waals surface area contributed by atoms with Gasteiger partial charge in [-0.15, -0.1) is 11.3 Å². The topological polar surface area (TPSA) is 73.2 Å². The standard InChI is InChI=1S/C26H22FN3O2S/c27-15-11-9-14(10-12-15)21-17(13-28)24-29-25(32)22-16-5-2-1-3-8-20(16)33-26(22)30(24)18-6-4-7-19(31)23(18)21/h9-12,21H,1-8H2,(H,29,32)/t21-/m0/s1. The number of allylic oxidation sites excluding steroid dienone is 3. The van der Waals surface area contributed by atoms with Crippen LogP contribution in [0.25, 0.3) is 0 Å². The van der Waals surface area contributed by atoms with Crippen molar-refractivity contribution in [3.8, 4) is 6.07 Å². The molecule has 2 aliphatic heterocycles. The van der Waals surface area contributed by atoms with Gasteiger partial charge in [-0.25, -0.2) is 4.39 Å². The molecule has 0 bridgehead atoms. The van der Waals surface area contributed by atoms with Crippen molar-refractivity contribution in [1.82, 2.24) is 5.32 Å². The Bertz CT molecular complexity index is 1310. The molecule has 0 spiro atoms. The maximum atomic E-state index is 13.6. The third-order valence-corrected chi connectivity index (χ3v) is 8.42. The summed E-state index contributed by atoms with van der Waals surface area (Å²) in [6.45, 7) is 0. The van der Waals surface area contributed by atoms with Gasteiger partial charge in [0.2, 0.25) is 0 Å². The molecule has 1 aromatic heterocycles. The number of carbonyl (C=O) groups excluding carboxylic acids is 2. The number of rotatable bonds is 1. The van der Waals surface area contributed by atoms with Crippen molar-refractivity contribution < 1.29 is 14.0 Å². The largest absolute Gasteiger partial charge is 0.307 e. The van der Waals surface area contributed by atoms with Gasteiger partial charge >= 0.3 is 0 Å². The number of hydrogen-bond acceptors (Lipinski definition) is 5. The normalized spacial score (nSPS) is 22.1. The molecule has 6 rings (SSSR count). The molecule has 7 heteroatoms. The Morgan fingerprint density at radius 2 is 1.82 bits per heavy atom. The maximum absolute atomic E-state index is 13.6. The number of anilines is 1. The number of amides is 1. The molecule has 0 radical (unpaired) electrons. The monoisotopic (exact) mass is 459 g/mol. The van der Waals surface area contributed by atoms with Crippen LogP contribution in [-0.4, -0.2) is 11.7 Å². The zero-order valence-electron chi connectivity index (χ0n) is 18.0. The Labute approximate surface area is 195 Å². The molecule has 166 valence electrons. The van der Waals surface area contributed by atoms with Gasteiger partial charge in [0.25, 0.3) is 5.91 Å². The lowest BCUT2D eigenvalue weighted by Crippen LogP contribution is -2.46. The lowest BCUT2D eigenvalue weighted by Gasteiger charge is -2.42. The van der Waals surface area contributed by atoms with Gasteiger partial charge < -0.3 is 5.32 Å². The third-order valence-electron chi connectivity index (χ3n) is 7.14. The molecule has 0 saturated carbocycles. The fourth-order valence-electron chi connectivity index (χ4n) is 5.69. The molecule has 3 heterocycles. The highest BCUT2D eigenvalue weighted by atomic mass is 32.1. The van der Waals surface area contributed by atoms with Crippen LogP contribution in [0.4, 0.5) is 9.39 Å². The second-order valence-corrected chi connectivity index (χ2v) is 10.1. The van der Waals surface area contributed by atoms with Crippen LogP contribution >= 0.6 is 11.3 Å². The molecule has 1 N–H and O–H groups in total. The van der Waals surface area contributed by atoms with Crippen molar-refractivity contribution in [3.05, 3.63) is 74.3 Å². The Balaban J connectivity index is 1.61. The van der Waals surface area contributed by atoms with E-state index >= 15 is 0 Å². The van der Waals surface area contributed by atoms with E-state index in [9.17, 15) is 19.2 Å². The van der Waals surface area contributed by atoms with Crippen molar-refractivity contribution in [2.24, 2.45) is 0 Å². The molecule has 2 aromatic rings. The predicted octanol–water partition coefficient (Wildman–Crippen LogP) is 5.25. The lowest BCUT2D eigenvalue weighted by atomic mass is 9.75. The minimum Gasteiger partial charge on any atom is -0.307 e. The van der Waals surface area contributed by atoms with Crippen molar-refractivity contribution in [2.45, 2.75) is 57.3 Å². The molecule has 0 fully saturated rings. The first-order chi connectivity index (χ1) is 16.1. The summed E-state index contributed by atoms with van der Waals surface area (Å²) < 4.78 is 13.6. The van der Waals surface area contributed by atoms with E-state index in [1.807, 2.05) is 4.90 Å². The molecule has 5 nitrogen and oxygen atoms in total. The van der Waals surface area contributed by atoms with Crippen molar-refractivity contribution >= 4 is 28.0 Å². The first-order valence-electron chi connectivity index (χ1n) is 11.5. The van der Waals surface area contributed by atoms with E-state index in [4.69, 9.17) is 0 Å². The second kappa shape index (κ2) is 7.67. The van der Waals surface area contributed by atoms with Gasteiger partial charge in [0.05, 0.1) is 23.1 Å². The van der Waals surface area contributed by atoms with Crippen LogP contribution in [0.5, 0.6) is 0 Å². The van der Waals surface area contributed by atoms with Gasteiger partial charge in [-0.3, -0.25) is 14.5 Å². The molecular formula is C26H22FN3O2S. The summed E-state index contributed by atoms with van der Waals surface area (Å²) in [5.74, 6) is -0.679. The van der Waals surface area contributed by atoms with Crippen molar-refractivity contribution in [1.29, 1.82) is 5.26 Å². The smallest absolute Gasteiger partial charge is 0.260 e. The zero-order chi connectivity index (χ0) is 22.7. The van der Waals surface area contributed by atoms with Crippen LogP contribution in [0.2, 0.25) is 0 Å². The highest BCUT2D eigenvalue weighted by molar-refractivity contribution is 7.17. The number of halogens is 1. The fraction of sp³-hybridized carbons (Fsp3) is 0.346. The summed E-state index contributed by atoms with van der Waals surface area (Å²) in [7, 11) is 0. The van der Waals surface area contributed by atoms with Crippen LogP contribution < -0.4 is 10.2 Å². The average molecular weight is 460 g/mol. The molecule has 1 amide bonds. The third kappa shape index (κ3) is 3.01. The SMILES string of the molecule is N#CC1=C2NC(=O)c3c(sc4c3CCCCC4)N2C2=C(C(=O)CCC2)[C@H]1c1ccc(F)cc1. The Morgan fingerprint density at radius 3 is 2.61 bits per heavy atom. The predicted molar refractivity (Wildman–Crippen MR) is 123 cm³/mol. The minimum atomic E-state index is -0.607. The number of carbonyl (C=O) groups is 2. The zero-order valence-corrected chi connectivity index (χ0v) is 18.9. The number of ketones is 1. The molecule has 2 aliphatic carbocycles. The highest BCUT2D eigenvalue weighted by Crippen LogP contribution is 2.52. The molecular weight excluding hydrogens is 437 g/mol. The molecule has 33 heavy (non-hydrogen) atoms. The van der Waals surface area contributed by atoms with Crippen LogP contribution in [0.3, 0.4) is 0 Å². The number of Topliss-reactive ketones (excluding diaryl/α,β-unsaturated/α-hetero) is 1. The molecule has 0 saturated heterocycles. The summed E-state index contributed by atoms with van der Waals surface area (Å²) in [6, 6.07) is 8.25. The van der Waals surface area contributed by atoms with E-state index in [-0.39, 0.29) is 17.5 Å². The van der Waals surface area contributed by atoms with Crippen LogP contribution in [0, 0.1) is 17.1 Å². The van der Waals surface area contributed by atoms with Gasteiger partial charge in [-0.05, 0) is 61.8 Å². The van der Waals surface area contributed by atoms with E-state index < -0.39 is 5.92 Å². The highest BCUT2D eigenvalue weighted by Gasteiger charge is 2.45. The van der Waals surface area contributed by atoms with E-state index in [2.05, 4.69) is 11.4 Å². The van der Waals surface area contributed by atoms with Gasteiger partial charge in [-0.2, -0.15) is 5.26 Å². The number of hydrogen-bond donors (Lipinski definition) is 1. The fourth-order valence-corrected chi connectivity index (χ4v) is 7.10. The lowest BCUT2D eigenvalue weighted by molar-refractivity contribution is -0.116. The summed E-state index contributed by atoms with van der Waals surface area (Å²) in [5, 5.41) is 14.1. The number of nitrogens with zero attached hydrogens (tertiary/aromatic N) is 2. The van der Waals surface area contributed by atoms with Crippen molar-refractivity contribution in [2.75, 3.05) is 4.90 Å². The Morgan fingerprint density at radius 1 is 1.03 bits per heavy atom. The van der Waals surface area contributed by atoms with Gasteiger partial charge in [0.15, 0.2) is 5.78 Å². The summed E-state index contributed by atoms with van der Waals surface area (Å²) in [6.07, 6.45) is 7.03. The number of thiophene rings is 1. The van der Waals surface area contributed by atoms with E-state index in [1.54, 1.807) is 23.5 Å². The van der Waals surface area contributed by atoms with E-state index in [0.29, 0.717) is 40.9 Å². The number of fused-ring (bicyclic) bond motifs is 6. The van der Waals surface area contributed by atoms with E-state index in [1.165, 1.54) is 17.0 Å². The minimum absolute atomic E-state index is 0.0222. The average Bonchev–Trinajstić information content (AvgIpc) is 3.02. The molecule has 1 atom stereocenters. The second-order valence-electron chi connectivity index (χ2n) is 9.03. The molecule has 0 unspecified atom stereocenters. The molecule has 4 aliphatic rings.